The van der Waals surface area contributed by atoms with Gasteiger partial charge in [-0.25, -0.2) is 14.6 Å². The molecule has 0 N–H and O–H groups in total. The predicted octanol–water partition coefficient (Wildman–Crippen LogP) is 8.05. The summed E-state index contributed by atoms with van der Waals surface area (Å²) >= 11 is 1.49. The molecular weight excluding hydrogens is 600 g/mol. The zero-order chi connectivity index (χ0) is 32.5. The first-order valence-corrected chi connectivity index (χ1v) is 15.2. The number of urea groups is 1. The van der Waals surface area contributed by atoms with Gasteiger partial charge in [-0.3, -0.25) is 19.7 Å². The number of anilines is 2. The average molecular weight is 629 g/mol. The summed E-state index contributed by atoms with van der Waals surface area (Å²) < 4.78 is 2.03. The topological polar surface area (TPSA) is 106 Å². The molecule has 1 fully saturated rings. The standard InChI is InChI=1S/C36H28N4O5S/c1-23-9-11-29(12-10-23)39-35(42)33(34(41)38(36(39)43)27-7-5-4-6-8-27)22-26-21-24(2)37(25(26)3)28-13-17-31(18-14-28)46-32-19-15-30(16-20-32)40(44)45/h4-22H,1-3H3/b33-22+. The van der Waals surface area contributed by atoms with Crippen molar-refractivity contribution < 1.29 is 19.3 Å². The SMILES string of the molecule is Cc1ccc(N2C(=O)/C(=C/c3cc(C)n(-c4ccc(Sc5ccc([N+](=O)[O-])cc5)cc4)c3C)C(=O)N(c3ccccc3)C2=O)cc1. The van der Waals surface area contributed by atoms with E-state index in [9.17, 15) is 24.5 Å². The Morgan fingerprint density at radius 3 is 1.76 bits per heavy atom. The summed E-state index contributed by atoms with van der Waals surface area (Å²) in [5.74, 6) is -1.38. The van der Waals surface area contributed by atoms with Gasteiger partial charge in [0.1, 0.15) is 5.57 Å². The molecule has 1 aliphatic rings. The fraction of sp³-hybridized carbons (Fsp3) is 0.0833. The van der Waals surface area contributed by atoms with Crippen LogP contribution in [0.25, 0.3) is 11.8 Å². The Hall–Kier alpha value is -5.74. The van der Waals surface area contributed by atoms with Crippen LogP contribution >= 0.6 is 11.8 Å². The predicted molar refractivity (Wildman–Crippen MR) is 178 cm³/mol. The van der Waals surface area contributed by atoms with E-state index in [2.05, 4.69) is 0 Å². The first kappa shape index (κ1) is 30.3. The van der Waals surface area contributed by atoms with Gasteiger partial charge in [-0.05, 0) is 99.1 Å². The summed E-state index contributed by atoms with van der Waals surface area (Å²) in [6.45, 7) is 5.77. The maximum absolute atomic E-state index is 13.9. The fourth-order valence-electron chi connectivity index (χ4n) is 5.38. The number of para-hydroxylation sites is 1. The molecule has 0 unspecified atom stereocenters. The number of imide groups is 2. The number of aryl methyl sites for hydroxylation is 2. The van der Waals surface area contributed by atoms with E-state index in [4.69, 9.17) is 0 Å². The van der Waals surface area contributed by atoms with Crippen molar-refractivity contribution in [1.82, 2.24) is 4.57 Å². The second-order valence-electron chi connectivity index (χ2n) is 10.8. The zero-order valence-electron chi connectivity index (χ0n) is 25.2. The number of nitro benzene ring substituents is 1. The monoisotopic (exact) mass is 628 g/mol. The van der Waals surface area contributed by atoms with Crippen molar-refractivity contribution in [2.75, 3.05) is 9.80 Å². The summed E-state index contributed by atoms with van der Waals surface area (Å²) in [6, 6.07) is 31.0. The number of nitro groups is 1. The Morgan fingerprint density at radius 1 is 0.674 bits per heavy atom. The highest BCUT2D eigenvalue weighted by atomic mass is 32.2. The minimum atomic E-state index is -0.737. The molecule has 2 heterocycles. The Morgan fingerprint density at radius 2 is 1.20 bits per heavy atom. The molecule has 6 rings (SSSR count). The third kappa shape index (κ3) is 5.73. The zero-order valence-corrected chi connectivity index (χ0v) is 26.0. The average Bonchev–Trinajstić information content (AvgIpc) is 3.33. The molecule has 0 saturated carbocycles. The van der Waals surface area contributed by atoms with Crippen LogP contribution in [0.3, 0.4) is 0 Å². The first-order chi connectivity index (χ1) is 22.1. The van der Waals surface area contributed by atoms with Crippen LogP contribution in [0.4, 0.5) is 21.9 Å². The van der Waals surface area contributed by atoms with Gasteiger partial charge < -0.3 is 4.57 Å². The van der Waals surface area contributed by atoms with E-state index < -0.39 is 22.8 Å². The quantitative estimate of drug-likeness (QED) is 0.0782. The van der Waals surface area contributed by atoms with Crippen LogP contribution in [0.15, 0.2) is 125 Å². The third-order valence-corrected chi connectivity index (χ3v) is 8.72. The number of nitrogens with zero attached hydrogens (tertiary/aromatic N) is 4. The lowest BCUT2D eigenvalue weighted by Crippen LogP contribution is -2.57. The number of aromatic nitrogens is 1. The van der Waals surface area contributed by atoms with Gasteiger partial charge in [0.15, 0.2) is 0 Å². The molecule has 0 atom stereocenters. The molecule has 4 aromatic carbocycles. The van der Waals surface area contributed by atoms with E-state index in [1.165, 1.54) is 23.9 Å². The molecule has 46 heavy (non-hydrogen) atoms. The highest BCUT2D eigenvalue weighted by Crippen LogP contribution is 2.33. The van der Waals surface area contributed by atoms with Gasteiger partial charge in [-0.15, -0.1) is 0 Å². The van der Waals surface area contributed by atoms with Crippen LogP contribution in [0.1, 0.15) is 22.5 Å². The molecule has 1 aromatic heterocycles. The van der Waals surface area contributed by atoms with Gasteiger partial charge in [-0.2, -0.15) is 0 Å². The maximum Gasteiger partial charge on any atom is 0.343 e. The fourth-order valence-corrected chi connectivity index (χ4v) is 6.19. The lowest BCUT2D eigenvalue weighted by atomic mass is 10.0. The Bertz CT molecular complexity index is 2020. The maximum atomic E-state index is 13.9. The first-order valence-electron chi connectivity index (χ1n) is 14.4. The normalized spacial score (nSPS) is 14.3. The van der Waals surface area contributed by atoms with Gasteiger partial charge >= 0.3 is 6.03 Å². The molecule has 1 saturated heterocycles. The summed E-state index contributed by atoms with van der Waals surface area (Å²) in [4.78, 5) is 55.8. The van der Waals surface area contributed by atoms with Crippen molar-refractivity contribution in [2.24, 2.45) is 0 Å². The number of benzene rings is 4. The molecule has 9 nitrogen and oxygen atoms in total. The molecular formula is C36H28N4O5S. The van der Waals surface area contributed by atoms with Crippen molar-refractivity contribution >= 4 is 52.7 Å². The molecule has 5 aromatic rings. The van der Waals surface area contributed by atoms with Gasteiger partial charge in [0.25, 0.3) is 17.5 Å². The molecule has 4 amide bonds. The van der Waals surface area contributed by atoms with Gasteiger partial charge in [0.05, 0.1) is 16.3 Å². The number of barbiturate groups is 1. The molecule has 0 aliphatic carbocycles. The lowest BCUT2D eigenvalue weighted by molar-refractivity contribution is -0.384. The number of hydrogen-bond donors (Lipinski definition) is 0. The summed E-state index contributed by atoms with van der Waals surface area (Å²) in [5.41, 5.74) is 4.89. The lowest BCUT2D eigenvalue weighted by Gasteiger charge is -2.34. The van der Waals surface area contributed by atoms with Crippen molar-refractivity contribution in [3.63, 3.8) is 0 Å². The minimum absolute atomic E-state index is 0.0443. The van der Waals surface area contributed by atoms with Crippen LogP contribution in [-0.2, 0) is 9.59 Å². The van der Waals surface area contributed by atoms with E-state index in [-0.39, 0.29) is 11.3 Å². The van der Waals surface area contributed by atoms with Crippen molar-refractivity contribution in [1.29, 1.82) is 0 Å². The number of carbonyl (C=O) groups is 3. The van der Waals surface area contributed by atoms with E-state index in [0.29, 0.717) is 16.9 Å². The smallest absolute Gasteiger partial charge is 0.318 e. The molecule has 0 radical (unpaired) electrons. The van der Waals surface area contributed by atoms with E-state index in [0.717, 1.165) is 42.2 Å². The van der Waals surface area contributed by atoms with Crippen LogP contribution in [0.2, 0.25) is 0 Å². The van der Waals surface area contributed by atoms with Crippen LogP contribution in [-0.4, -0.2) is 27.3 Å². The van der Waals surface area contributed by atoms with Crippen LogP contribution < -0.4 is 9.80 Å². The Labute approximate surface area is 269 Å². The molecule has 10 heteroatoms. The largest absolute Gasteiger partial charge is 0.343 e. The Kier molecular flexibility index (Phi) is 8.12. The van der Waals surface area contributed by atoms with E-state index in [1.54, 1.807) is 60.7 Å². The summed E-state index contributed by atoms with van der Waals surface area (Å²) in [6.07, 6.45) is 1.56. The molecule has 0 spiro atoms. The second-order valence-corrected chi connectivity index (χ2v) is 11.9. The van der Waals surface area contributed by atoms with Crippen molar-refractivity contribution in [2.45, 2.75) is 30.6 Å². The number of rotatable bonds is 7. The Balaban J connectivity index is 1.34. The minimum Gasteiger partial charge on any atom is -0.318 e. The summed E-state index contributed by atoms with van der Waals surface area (Å²) in [5, 5.41) is 11.0. The van der Waals surface area contributed by atoms with Crippen molar-refractivity contribution in [3.8, 4) is 5.69 Å². The molecule has 228 valence electrons. The van der Waals surface area contributed by atoms with Crippen LogP contribution in [0, 0.1) is 30.9 Å². The number of hydrogen-bond acceptors (Lipinski definition) is 6. The number of carbonyl (C=O) groups excluding carboxylic acids is 3. The summed E-state index contributed by atoms with van der Waals surface area (Å²) in [7, 11) is 0. The highest BCUT2D eigenvalue weighted by Gasteiger charge is 2.43. The van der Waals surface area contributed by atoms with E-state index in [1.807, 2.05) is 67.8 Å². The van der Waals surface area contributed by atoms with Gasteiger partial charge in [0.2, 0.25) is 0 Å². The van der Waals surface area contributed by atoms with Crippen LogP contribution in [0.5, 0.6) is 0 Å². The second kappa shape index (κ2) is 12.3. The van der Waals surface area contributed by atoms with E-state index >= 15 is 0 Å². The molecule has 1 aliphatic heterocycles. The third-order valence-electron chi connectivity index (χ3n) is 7.70. The molecule has 0 bridgehead atoms. The van der Waals surface area contributed by atoms with Gasteiger partial charge in [-0.1, -0.05) is 47.7 Å². The highest BCUT2D eigenvalue weighted by molar-refractivity contribution is 7.99. The van der Waals surface area contributed by atoms with Gasteiger partial charge in [0, 0.05) is 39.0 Å². The number of non-ortho nitro benzene ring substituents is 1. The van der Waals surface area contributed by atoms with Crippen molar-refractivity contribution in [3.05, 3.63) is 147 Å². The number of amides is 4.